The molecule has 2 heterocycles. The first kappa shape index (κ1) is 13.2. The molecule has 0 saturated heterocycles. The van der Waals surface area contributed by atoms with Crippen molar-refractivity contribution >= 4 is 35.1 Å². The fourth-order valence-electron chi connectivity index (χ4n) is 1.27. The lowest BCUT2D eigenvalue weighted by Crippen LogP contribution is -2.47. The van der Waals surface area contributed by atoms with Crippen LogP contribution in [0.3, 0.4) is 0 Å². The normalized spacial score (nSPS) is 18.8. The SMILES string of the molecule is NC(CSC1=NN=C2N=CN([N+](=O)[O-])N2C1)C(=O)O. The Labute approximate surface area is 110 Å². The Bertz CT molecular complexity index is 504. The number of nitrogens with two attached hydrogens (primary N) is 1. The van der Waals surface area contributed by atoms with E-state index in [9.17, 15) is 14.9 Å². The summed E-state index contributed by atoms with van der Waals surface area (Å²) in [7, 11) is 0. The molecule has 0 radical (unpaired) electrons. The van der Waals surface area contributed by atoms with Crippen molar-refractivity contribution in [1.29, 1.82) is 0 Å². The number of aliphatic imine (C=N–C) groups is 1. The summed E-state index contributed by atoms with van der Waals surface area (Å²) in [5.41, 5.74) is 5.35. The first-order valence-corrected chi connectivity index (χ1v) is 5.98. The van der Waals surface area contributed by atoms with Crippen LogP contribution in [0.2, 0.25) is 0 Å². The lowest BCUT2D eigenvalue weighted by atomic mass is 10.4. The molecule has 3 N–H and O–H groups in total. The second kappa shape index (κ2) is 5.19. The van der Waals surface area contributed by atoms with E-state index in [-0.39, 0.29) is 18.3 Å². The molecule has 102 valence electrons. The van der Waals surface area contributed by atoms with Crippen LogP contribution in [0, 0.1) is 10.1 Å². The number of guanidine groups is 1. The number of hydrogen-bond donors (Lipinski definition) is 2. The van der Waals surface area contributed by atoms with Crippen molar-refractivity contribution in [2.75, 3.05) is 12.3 Å². The van der Waals surface area contributed by atoms with Crippen LogP contribution in [0.15, 0.2) is 15.2 Å². The number of nitro groups is 1. The van der Waals surface area contributed by atoms with Gasteiger partial charge < -0.3 is 10.8 Å². The Kier molecular flexibility index (Phi) is 3.62. The topological polar surface area (TPSA) is 150 Å². The van der Waals surface area contributed by atoms with Gasteiger partial charge in [0.25, 0.3) is 5.96 Å². The third-order valence-electron chi connectivity index (χ3n) is 2.20. The molecule has 2 aliphatic heterocycles. The molecule has 1 unspecified atom stereocenters. The van der Waals surface area contributed by atoms with E-state index in [2.05, 4.69) is 15.2 Å². The number of hydrogen-bond acceptors (Lipinski definition) is 9. The molecule has 0 aromatic rings. The van der Waals surface area contributed by atoms with Crippen LogP contribution in [0.5, 0.6) is 0 Å². The Morgan fingerprint density at radius 1 is 1.68 bits per heavy atom. The van der Waals surface area contributed by atoms with Gasteiger partial charge in [-0.05, 0) is 0 Å². The molecule has 0 saturated carbocycles. The van der Waals surface area contributed by atoms with E-state index in [4.69, 9.17) is 10.8 Å². The van der Waals surface area contributed by atoms with Crippen LogP contribution in [-0.2, 0) is 4.79 Å². The molecule has 0 amide bonds. The summed E-state index contributed by atoms with van der Waals surface area (Å²) in [4.78, 5) is 25.0. The molecular weight excluding hydrogens is 278 g/mol. The van der Waals surface area contributed by atoms with E-state index in [1.165, 1.54) is 5.01 Å². The van der Waals surface area contributed by atoms with Crippen molar-refractivity contribution in [3.8, 4) is 0 Å². The quantitative estimate of drug-likeness (QED) is 0.471. The Hall–Kier alpha value is -2.21. The maximum Gasteiger partial charge on any atom is 0.321 e. The van der Waals surface area contributed by atoms with Crippen LogP contribution < -0.4 is 5.73 Å². The summed E-state index contributed by atoms with van der Waals surface area (Å²) in [6.07, 6.45) is 1.02. The van der Waals surface area contributed by atoms with Gasteiger partial charge in [0.1, 0.15) is 11.1 Å². The van der Waals surface area contributed by atoms with Gasteiger partial charge in [0, 0.05) is 10.9 Å². The van der Waals surface area contributed by atoms with Gasteiger partial charge in [-0.1, -0.05) is 0 Å². The summed E-state index contributed by atoms with van der Waals surface area (Å²) in [5, 5.41) is 28.6. The maximum atomic E-state index is 10.7. The van der Waals surface area contributed by atoms with Crippen molar-refractivity contribution in [3.63, 3.8) is 0 Å². The number of rotatable bonds is 4. The van der Waals surface area contributed by atoms with E-state index in [1.54, 1.807) is 0 Å². The van der Waals surface area contributed by atoms with Gasteiger partial charge in [-0.25, -0.2) is 10.1 Å². The van der Waals surface area contributed by atoms with E-state index < -0.39 is 17.0 Å². The zero-order valence-corrected chi connectivity index (χ0v) is 10.2. The molecule has 0 fully saturated rings. The van der Waals surface area contributed by atoms with Crippen LogP contribution in [0.1, 0.15) is 0 Å². The molecule has 2 aliphatic rings. The third-order valence-corrected chi connectivity index (χ3v) is 3.27. The van der Waals surface area contributed by atoms with Crippen LogP contribution in [0.4, 0.5) is 0 Å². The van der Waals surface area contributed by atoms with Gasteiger partial charge in [-0.15, -0.1) is 22.0 Å². The highest BCUT2D eigenvalue weighted by Gasteiger charge is 2.35. The average molecular weight is 287 g/mol. The highest BCUT2D eigenvalue weighted by molar-refractivity contribution is 8.14. The second-order valence-electron chi connectivity index (χ2n) is 3.51. The molecule has 2 rings (SSSR count). The summed E-state index contributed by atoms with van der Waals surface area (Å²) in [5.74, 6) is -0.903. The fourth-order valence-corrected chi connectivity index (χ4v) is 2.09. The van der Waals surface area contributed by atoms with Crippen molar-refractivity contribution in [2.24, 2.45) is 20.9 Å². The van der Waals surface area contributed by atoms with Crippen molar-refractivity contribution in [3.05, 3.63) is 10.1 Å². The molecular formula is C7H9N7O4S. The molecule has 19 heavy (non-hydrogen) atoms. The van der Waals surface area contributed by atoms with E-state index in [1.807, 2.05) is 0 Å². The summed E-state index contributed by atoms with van der Waals surface area (Å²) in [6.45, 7) is 0.0941. The van der Waals surface area contributed by atoms with Gasteiger partial charge in [0.15, 0.2) is 11.4 Å². The molecule has 0 aliphatic carbocycles. The van der Waals surface area contributed by atoms with Gasteiger partial charge in [-0.2, -0.15) is 10.0 Å². The van der Waals surface area contributed by atoms with Gasteiger partial charge in [0.2, 0.25) is 0 Å². The number of fused-ring (bicyclic) bond motifs is 1. The predicted octanol–water partition coefficient (Wildman–Crippen LogP) is -1.43. The predicted molar refractivity (Wildman–Crippen MR) is 67.0 cm³/mol. The summed E-state index contributed by atoms with van der Waals surface area (Å²) < 4.78 is 0. The number of aliphatic carboxylic acids is 1. The van der Waals surface area contributed by atoms with Crippen LogP contribution in [-0.4, -0.2) is 61.9 Å². The van der Waals surface area contributed by atoms with Crippen LogP contribution in [0.25, 0.3) is 0 Å². The number of thioether (sulfide) groups is 1. The highest BCUT2D eigenvalue weighted by Crippen LogP contribution is 2.17. The first-order valence-electron chi connectivity index (χ1n) is 5.00. The molecule has 0 bridgehead atoms. The lowest BCUT2D eigenvalue weighted by Gasteiger charge is -2.22. The molecule has 0 spiro atoms. The monoisotopic (exact) mass is 287 g/mol. The molecule has 0 aromatic carbocycles. The first-order chi connectivity index (χ1) is 8.99. The number of carboxylic acids is 1. The second-order valence-corrected chi connectivity index (χ2v) is 4.60. The number of nitrogens with zero attached hydrogens (tertiary/aromatic N) is 6. The maximum absolute atomic E-state index is 10.7. The number of carboxylic acid groups (broad SMARTS) is 1. The Balaban J connectivity index is 1.98. The zero-order valence-electron chi connectivity index (χ0n) is 9.41. The zero-order chi connectivity index (χ0) is 14.0. The van der Waals surface area contributed by atoms with Gasteiger partial charge >= 0.3 is 5.97 Å². The molecule has 1 atom stereocenters. The fraction of sp³-hybridized carbons (Fsp3) is 0.429. The minimum Gasteiger partial charge on any atom is -0.480 e. The minimum absolute atomic E-state index is 0.0941. The van der Waals surface area contributed by atoms with E-state index in [0.29, 0.717) is 10.2 Å². The van der Waals surface area contributed by atoms with Gasteiger partial charge in [0.05, 0.1) is 6.54 Å². The van der Waals surface area contributed by atoms with Crippen molar-refractivity contribution in [1.82, 2.24) is 10.1 Å². The summed E-state index contributed by atoms with van der Waals surface area (Å²) in [6, 6.07) is -1.03. The molecule has 0 aromatic heterocycles. The van der Waals surface area contributed by atoms with Crippen molar-refractivity contribution < 1.29 is 14.9 Å². The lowest BCUT2D eigenvalue weighted by molar-refractivity contribution is -0.660. The van der Waals surface area contributed by atoms with Crippen molar-refractivity contribution in [2.45, 2.75) is 6.04 Å². The standard InChI is InChI=1S/C7H9N7O4S/c8-4(6(15)16)2-19-5-1-12-7(11-10-5)9-3-13(12)14(17)18/h3-4H,1-2,8H2,(H,15,16). The number of hydrazine groups is 2. The average Bonchev–Trinajstić information content (AvgIpc) is 2.78. The van der Waals surface area contributed by atoms with Gasteiger partial charge in [-0.3, -0.25) is 4.79 Å². The van der Waals surface area contributed by atoms with E-state index >= 15 is 0 Å². The van der Waals surface area contributed by atoms with Crippen LogP contribution >= 0.6 is 11.8 Å². The molecule has 11 nitrogen and oxygen atoms in total. The molecule has 12 heteroatoms. The largest absolute Gasteiger partial charge is 0.480 e. The smallest absolute Gasteiger partial charge is 0.321 e. The summed E-state index contributed by atoms with van der Waals surface area (Å²) >= 11 is 1.09. The minimum atomic E-state index is -1.12. The highest BCUT2D eigenvalue weighted by atomic mass is 32.2. The Morgan fingerprint density at radius 3 is 3.05 bits per heavy atom. The number of carbonyl (C=O) groups is 1. The third kappa shape index (κ3) is 2.79. The Morgan fingerprint density at radius 2 is 2.42 bits per heavy atom. The van der Waals surface area contributed by atoms with E-state index in [0.717, 1.165) is 18.1 Å².